The van der Waals surface area contributed by atoms with Gasteiger partial charge in [0.05, 0.1) is 0 Å². The molecule has 1 N–H and O–H groups in total. The molecular formula is C45H88N4O6. The monoisotopic (exact) mass is 781 g/mol. The zero-order valence-electron chi connectivity index (χ0n) is 38.2. The number of hydrogen-bond donors (Lipinski definition) is 1. The first-order chi connectivity index (χ1) is 25.7. The van der Waals surface area contributed by atoms with E-state index >= 15 is 0 Å². The molecule has 0 aromatic rings. The number of likely N-dealkylation sites (tertiary alicyclic amines) is 3. The molecule has 4 rings (SSSR count). The molecule has 0 bridgehead atoms. The van der Waals surface area contributed by atoms with Crippen LogP contribution in [0, 0.1) is 23.7 Å². The molecule has 10 heteroatoms. The molecule has 3 atom stereocenters. The third-order valence-electron chi connectivity index (χ3n) is 10.4. The third kappa shape index (κ3) is 24.2. The highest BCUT2D eigenvalue weighted by molar-refractivity contribution is 5.69. The summed E-state index contributed by atoms with van der Waals surface area (Å²) in [4.78, 5) is 40.7. The van der Waals surface area contributed by atoms with Crippen molar-refractivity contribution in [2.24, 2.45) is 23.7 Å². The number of unbranched alkanes of at least 4 members (excludes halogenated alkanes) is 1. The summed E-state index contributed by atoms with van der Waals surface area (Å²) >= 11 is 0. The summed E-state index contributed by atoms with van der Waals surface area (Å²) in [6.45, 7) is 33.7. The molecule has 10 nitrogen and oxygen atoms in total. The van der Waals surface area contributed by atoms with Crippen LogP contribution < -0.4 is 5.32 Å². The van der Waals surface area contributed by atoms with Gasteiger partial charge in [-0.25, -0.2) is 14.4 Å². The predicted octanol–water partition coefficient (Wildman–Crippen LogP) is 11.3. The van der Waals surface area contributed by atoms with E-state index in [0.717, 1.165) is 70.9 Å². The molecule has 0 aromatic carbocycles. The van der Waals surface area contributed by atoms with E-state index < -0.39 is 0 Å². The molecule has 0 aliphatic carbocycles. The van der Waals surface area contributed by atoms with E-state index in [0.29, 0.717) is 17.8 Å². The van der Waals surface area contributed by atoms with Gasteiger partial charge in [0.15, 0.2) is 0 Å². The largest absolute Gasteiger partial charge is 0.444 e. The van der Waals surface area contributed by atoms with Crippen LogP contribution in [0.2, 0.25) is 0 Å². The zero-order valence-corrected chi connectivity index (χ0v) is 38.2. The fraction of sp³-hybridized carbons (Fsp3) is 0.933. The van der Waals surface area contributed by atoms with E-state index in [-0.39, 0.29) is 35.1 Å². The second kappa shape index (κ2) is 25.9. The molecular weight excluding hydrogens is 693 g/mol. The first-order valence-electron chi connectivity index (χ1n) is 22.3. The van der Waals surface area contributed by atoms with E-state index in [9.17, 15) is 14.4 Å². The predicted molar refractivity (Wildman–Crippen MR) is 228 cm³/mol. The number of carbonyl (C=O) groups excluding carboxylic acids is 3. The van der Waals surface area contributed by atoms with Crippen LogP contribution in [0.15, 0.2) is 0 Å². The van der Waals surface area contributed by atoms with Gasteiger partial charge < -0.3 is 34.2 Å². The minimum Gasteiger partial charge on any atom is -0.444 e. The van der Waals surface area contributed by atoms with Crippen LogP contribution in [0.5, 0.6) is 0 Å². The van der Waals surface area contributed by atoms with Crippen molar-refractivity contribution in [1.29, 1.82) is 0 Å². The third-order valence-corrected chi connectivity index (χ3v) is 10.4. The van der Waals surface area contributed by atoms with Crippen LogP contribution >= 0.6 is 0 Å². The van der Waals surface area contributed by atoms with Gasteiger partial charge in [0, 0.05) is 39.3 Å². The maximum absolute atomic E-state index is 11.9. The Balaban J connectivity index is 0.000000371. The maximum atomic E-state index is 11.9. The van der Waals surface area contributed by atoms with E-state index in [1.807, 2.05) is 77.0 Å². The molecule has 55 heavy (non-hydrogen) atoms. The molecule has 3 unspecified atom stereocenters. The number of piperidine rings is 2. The van der Waals surface area contributed by atoms with Crippen molar-refractivity contribution in [2.75, 3.05) is 52.4 Å². The summed E-state index contributed by atoms with van der Waals surface area (Å²) in [5, 5.41) is 3.39. The van der Waals surface area contributed by atoms with Gasteiger partial charge in [0.1, 0.15) is 16.8 Å². The van der Waals surface area contributed by atoms with Gasteiger partial charge in [0.25, 0.3) is 0 Å². The lowest BCUT2D eigenvalue weighted by atomic mass is 9.93. The number of rotatable bonds is 8. The van der Waals surface area contributed by atoms with Crippen LogP contribution in [0.25, 0.3) is 0 Å². The Hall–Kier alpha value is -2.23. The highest BCUT2D eigenvalue weighted by Crippen LogP contribution is 2.25. The molecule has 324 valence electrons. The summed E-state index contributed by atoms with van der Waals surface area (Å²) in [7, 11) is 0. The van der Waals surface area contributed by atoms with Crippen LogP contribution in [0.1, 0.15) is 180 Å². The second-order valence-corrected chi connectivity index (χ2v) is 19.4. The lowest BCUT2D eigenvalue weighted by Gasteiger charge is -2.34. The van der Waals surface area contributed by atoms with Crippen LogP contribution in [-0.4, -0.2) is 102 Å². The van der Waals surface area contributed by atoms with Crippen molar-refractivity contribution in [2.45, 2.75) is 197 Å². The normalized spacial score (nSPS) is 22.0. The van der Waals surface area contributed by atoms with Crippen molar-refractivity contribution < 1.29 is 28.6 Å². The smallest absolute Gasteiger partial charge is 0.410 e. The van der Waals surface area contributed by atoms with Crippen LogP contribution in [-0.2, 0) is 14.2 Å². The number of nitrogens with zero attached hydrogens (tertiary/aromatic N) is 3. The Bertz CT molecular complexity index is 1060. The molecule has 4 aliphatic rings. The number of amides is 3. The number of nitrogens with one attached hydrogen (secondary N) is 1. The molecule has 0 aromatic heterocycles. The standard InChI is InChI=1S/C13H25NO2.C12H23NO2.C11H21NO2.C9H19N/c1-5-7-11-8-6-9-14(10-11)12(15)16-13(2,3)4;1-5-6-10-7-8-13(9-10)11(14)15-12(2,3)4;1-5-9-6-7-12(8-9)10(13)14-11(2,3)4;1-2-3-4-9-5-7-10-8-6-9/h11H,5-10H2,1-4H3;10H,5-9H2,1-4H3;9H,5-8H2,1-4H3;9-10H,2-8H2,1H3. The van der Waals surface area contributed by atoms with Gasteiger partial charge in [0.2, 0.25) is 0 Å². The van der Waals surface area contributed by atoms with Crippen LogP contribution in [0.3, 0.4) is 0 Å². The maximum Gasteiger partial charge on any atom is 0.410 e. The molecule has 4 aliphatic heterocycles. The van der Waals surface area contributed by atoms with E-state index in [4.69, 9.17) is 14.2 Å². The quantitative estimate of drug-likeness (QED) is 0.245. The van der Waals surface area contributed by atoms with Gasteiger partial charge in [-0.2, -0.15) is 0 Å². The summed E-state index contributed by atoms with van der Waals surface area (Å²) < 4.78 is 16.0. The second-order valence-electron chi connectivity index (χ2n) is 19.4. The van der Waals surface area contributed by atoms with Gasteiger partial charge in [-0.3, -0.25) is 0 Å². The number of carbonyl (C=O) groups is 3. The highest BCUT2D eigenvalue weighted by atomic mass is 16.6. The van der Waals surface area contributed by atoms with Crippen molar-refractivity contribution in [1.82, 2.24) is 20.0 Å². The van der Waals surface area contributed by atoms with Gasteiger partial charge in [-0.1, -0.05) is 66.2 Å². The number of hydrogen-bond acceptors (Lipinski definition) is 7. The molecule has 0 saturated carbocycles. The SMILES string of the molecule is CCC1CCN(C(=O)OC(C)(C)C)C1.CCCC1CCCN(C(=O)OC(C)(C)C)C1.CCCC1CCN(C(=O)OC(C)(C)C)C1.CCCCC1CCNCC1. The first-order valence-corrected chi connectivity index (χ1v) is 22.3. The van der Waals surface area contributed by atoms with Gasteiger partial charge in [-0.05, 0) is 150 Å². The zero-order chi connectivity index (χ0) is 41.7. The number of ether oxygens (including phenoxy) is 3. The molecule has 0 spiro atoms. The van der Waals surface area contributed by atoms with E-state index in [1.165, 1.54) is 77.3 Å². The van der Waals surface area contributed by atoms with Gasteiger partial charge >= 0.3 is 18.3 Å². The Kier molecular flexibility index (Phi) is 23.9. The molecule has 3 amide bonds. The summed E-state index contributed by atoms with van der Waals surface area (Å²) in [6, 6.07) is 0. The van der Waals surface area contributed by atoms with Crippen molar-refractivity contribution in [3.8, 4) is 0 Å². The molecule has 4 heterocycles. The lowest BCUT2D eigenvalue weighted by molar-refractivity contribution is 0.0160. The lowest BCUT2D eigenvalue weighted by Crippen LogP contribution is -2.42. The highest BCUT2D eigenvalue weighted by Gasteiger charge is 2.30. The van der Waals surface area contributed by atoms with Crippen LogP contribution in [0.4, 0.5) is 14.4 Å². The summed E-state index contributed by atoms with van der Waals surface area (Å²) in [6.07, 6.45) is 17.3. The van der Waals surface area contributed by atoms with E-state index in [1.54, 1.807) is 0 Å². The molecule has 4 saturated heterocycles. The topological polar surface area (TPSA) is 101 Å². The summed E-state index contributed by atoms with van der Waals surface area (Å²) in [5.41, 5.74) is -1.13. The molecule has 0 radical (unpaired) electrons. The fourth-order valence-corrected chi connectivity index (χ4v) is 7.49. The first kappa shape index (κ1) is 50.8. The van der Waals surface area contributed by atoms with Crippen molar-refractivity contribution >= 4 is 18.3 Å². The average molecular weight is 781 g/mol. The molecule has 4 fully saturated rings. The van der Waals surface area contributed by atoms with Gasteiger partial charge in [-0.15, -0.1) is 0 Å². The Labute approximate surface area is 338 Å². The average Bonchev–Trinajstić information content (AvgIpc) is 3.78. The van der Waals surface area contributed by atoms with E-state index in [2.05, 4.69) is 33.0 Å². The Morgan fingerprint density at radius 1 is 0.509 bits per heavy atom. The Morgan fingerprint density at radius 3 is 1.29 bits per heavy atom. The Morgan fingerprint density at radius 2 is 0.909 bits per heavy atom. The summed E-state index contributed by atoms with van der Waals surface area (Å²) in [5.74, 6) is 3.07. The minimum atomic E-state index is -0.380. The minimum absolute atomic E-state index is 0.145. The van der Waals surface area contributed by atoms with Crippen molar-refractivity contribution in [3.05, 3.63) is 0 Å². The van der Waals surface area contributed by atoms with Crippen molar-refractivity contribution in [3.63, 3.8) is 0 Å². The fourth-order valence-electron chi connectivity index (χ4n) is 7.49.